The lowest BCUT2D eigenvalue weighted by atomic mass is 10.0. The van der Waals surface area contributed by atoms with E-state index in [1.807, 2.05) is 35.2 Å². The minimum absolute atomic E-state index is 0.104. The zero-order chi connectivity index (χ0) is 17.1. The molecule has 1 N–H and O–H groups in total. The first kappa shape index (κ1) is 17.3. The first-order chi connectivity index (χ1) is 11.6. The van der Waals surface area contributed by atoms with Crippen molar-refractivity contribution in [3.63, 3.8) is 0 Å². The predicted octanol–water partition coefficient (Wildman–Crippen LogP) is 3.44. The number of hydrogen-bond acceptors (Lipinski definition) is 5. The highest BCUT2D eigenvalue weighted by molar-refractivity contribution is 9.11. The van der Waals surface area contributed by atoms with Crippen molar-refractivity contribution in [1.29, 1.82) is 0 Å². The Morgan fingerprint density at radius 1 is 1.46 bits per heavy atom. The van der Waals surface area contributed by atoms with Gasteiger partial charge >= 0.3 is 5.97 Å². The highest BCUT2D eigenvalue weighted by Crippen LogP contribution is 2.42. The van der Waals surface area contributed by atoms with Gasteiger partial charge in [-0.15, -0.1) is 11.3 Å². The summed E-state index contributed by atoms with van der Waals surface area (Å²) in [6.07, 6.45) is 1.76. The fourth-order valence-corrected chi connectivity index (χ4v) is 4.60. The van der Waals surface area contributed by atoms with Gasteiger partial charge in [0, 0.05) is 11.1 Å². The Balaban J connectivity index is 1.95. The molecule has 1 aliphatic rings. The molecule has 2 atom stereocenters. The molecule has 0 amide bonds. The number of thiophene rings is 1. The van der Waals surface area contributed by atoms with Gasteiger partial charge < -0.3 is 15.0 Å². The van der Waals surface area contributed by atoms with Gasteiger partial charge in [-0.05, 0) is 59.3 Å². The lowest BCUT2D eigenvalue weighted by Crippen LogP contribution is -2.35. The van der Waals surface area contributed by atoms with Gasteiger partial charge in [0.15, 0.2) is 5.11 Å². The Hall–Kier alpha value is -1.51. The fourth-order valence-electron chi connectivity index (χ4n) is 2.72. The fraction of sp³-hybridized carbons (Fsp3) is 0.312. The number of rotatable bonds is 5. The summed E-state index contributed by atoms with van der Waals surface area (Å²) in [6.45, 7) is 2.26. The number of halogens is 1. The van der Waals surface area contributed by atoms with Gasteiger partial charge in [-0.25, -0.2) is 0 Å². The van der Waals surface area contributed by atoms with Crippen LogP contribution >= 0.6 is 39.5 Å². The number of hydrogen-bond donors (Lipinski definition) is 1. The van der Waals surface area contributed by atoms with Gasteiger partial charge in [0.2, 0.25) is 0 Å². The topological polar surface area (TPSA) is 54.5 Å². The van der Waals surface area contributed by atoms with Crippen LogP contribution in [0.2, 0.25) is 0 Å². The van der Waals surface area contributed by atoms with Crippen molar-refractivity contribution in [3.05, 3.63) is 50.9 Å². The van der Waals surface area contributed by atoms with E-state index in [1.165, 1.54) is 0 Å². The summed E-state index contributed by atoms with van der Waals surface area (Å²) < 4.78 is 6.13. The van der Waals surface area contributed by atoms with E-state index in [9.17, 15) is 4.79 Å². The minimum atomic E-state index is -0.288. The molecular weight excluding hydrogens is 410 g/mol. The number of nitrogens with zero attached hydrogens (tertiary/aromatic N) is 2. The number of thiocarbonyl (C=S) groups is 1. The number of nitrogens with one attached hydrogen (secondary N) is 1. The zero-order valence-corrected chi connectivity index (χ0v) is 16.2. The maximum atomic E-state index is 12.0. The van der Waals surface area contributed by atoms with Gasteiger partial charge in [0.25, 0.3) is 0 Å². The first-order valence-electron chi connectivity index (χ1n) is 7.49. The molecule has 0 unspecified atom stereocenters. The monoisotopic (exact) mass is 425 g/mol. The molecule has 1 fully saturated rings. The van der Waals surface area contributed by atoms with Crippen molar-refractivity contribution in [2.24, 2.45) is 0 Å². The first-order valence-corrected chi connectivity index (χ1v) is 9.51. The van der Waals surface area contributed by atoms with Crippen LogP contribution in [0.5, 0.6) is 0 Å². The average Bonchev–Trinajstić information content (AvgIpc) is 3.13. The third-order valence-corrected chi connectivity index (χ3v) is 5.73. The van der Waals surface area contributed by atoms with E-state index in [0.29, 0.717) is 11.7 Å². The quantitative estimate of drug-likeness (QED) is 0.584. The summed E-state index contributed by atoms with van der Waals surface area (Å²) in [5.74, 6) is -0.288. The average molecular weight is 426 g/mol. The number of carbonyl (C=O) groups excluding carboxylic acids is 1. The molecule has 5 nitrogen and oxygen atoms in total. The van der Waals surface area contributed by atoms with E-state index in [0.717, 1.165) is 14.4 Å². The summed E-state index contributed by atoms with van der Waals surface area (Å²) in [5, 5.41) is 3.84. The highest BCUT2D eigenvalue weighted by Gasteiger charge is 2.41. The van der Waals surface area contributed by atoms with Crippen molar-refractivity contribution in [3.8, 4) is 0 Å². The summed E-state index contributed by atoms with van der Waals surface area (Å²) in [4.78, 5) is 19.4. The third-order valence-electron chi connectivity index (χ3n) is 3.69. The van der Waals surface area contributed by atoms with E-state index in [1.54, 1.807) is 24.5 Å². The lowest BCUT2D eigenvalue weighted by molar-refractivity contribution is -0.143. The van der Waals surface area contributed by atoms with Crippen molar-refractivity contribution < 1.29 is 9.53 Å². The summed E-state index contributed by atoms with van der Waals surface area (Å²) in [5.41, 5.74) is 0.890. The maximum Gasteiger partial charge on any atom is 0.325 e. The summed E-state index contributed by atoms with van der Waals surface area (Å²) >= 11 is 10.6. The van der Waals surface area contributed by atoms with Crippen LogP contribution in [0.15, 0.2) is 40.3 Å². The van der Waals surface area contributed by atoms with Crippen LogP contribution in [-0.4, -0.2) is 34.1 Å². The normalized spacial score (nSPS) is 20.1. The summed E-state index contributed by atoms with van der Waals surface area (Å²) in [6, 6.07) is 9.62. The molecule has 0 aliphatic carbocycles. The SMILES string of the molecule is CCOC(=O)CN1C(=S)N[C@@H](c2ccccn2)[C@@H]1c1ccc(Br)s1. The van der Waals surface area contributed by atoms with Crippen molar-refractivity contribution >= 4 is 50.6 Å². The van der Waals surface area contributed by atoms with Gasteiger partial charge in [0.05, 0.1) is 28.2 Å². The van der Waals surface area contributed by atoms with Gasteiger partial charge in [-0.1, -0.05) is 6.07 Å². The van der Waals surface area contributed by atoms with Crippen LogP contribution in [0.3, 0.4) is 0 Å². The molecular formula is C16H16BrN3O2S2. The van der Waals surface area contributed by atoms with Crippen LogP contribution in [0.1, 0.15) is 29.6 Å². The van der Waals surface area contributed by atoms with Crippen molar-refractivity contribution in [1.82, 2.24) is 15.2 Å². The molecule has 1 saturated heterocycles. The van der Waals surface area contributed by atoms with Crippen LogP contribution in [0.25, 0.3) is 0 Å². The van der Waals surface area contributed by atoms with Crippen LogP contribution in [0, 0.1) is 0 Å². The second-order valence-corrected chi connectivity index (χ2v) is 8.08. The van der Waals surface area contributed by atoms with Crippen LogP contribution in [0.4, 0.5) is 0 Å². The number of ether oxygens (including phenoxy) is 1. The Bertz CT molecular complexity index is 738. The molecule has 0 spiro atoms. The lowest BCUT2D eigenvalue weighted by Gasteiger charge is -2.25. The Morgan fingerprint density at radius 3 is 2.92 bits per heavy atom. The molecule has 0 radical (unpaired) electrons. The molecule has 3 heterocycles. The van der Waals surface area contributed by atoms with Crippen molar-refractivity contribution in [2.75, 3.05) is 13.2 Å². The van der Waals surface area contributed by atoms with E-state index in [2.05, 4.69) is 26.2 Å². The zero-order valence-electron chi connectivity index (χ0n) is 12.9. The standard InChI is InChI=1S/C16H16BrN3O2S2/c1-2-22-13(21)9-20-15(11-6-7-12(17)24-11)14(19-16(20)23)10-5-3-4-8-18-10/h3-8,14-15H,2,9H2,1H3,(H,19,23)/t14-,15-/m0/s1. The number of pyridine rings is 1. The Morgan fingerprint density at radius 2 is 2.29 bits per heavy atom. The van der Waals surface area contributed by atoms with E-state index in [-0.39, 0.29) is 24.6 Å². The Labute approximate surface area is 158 Å². The molecule has 2 aromatic rings. The predicted molar refractivity (Wildman–Crippen MR) is 101 cm³/mol. The molecule has 0 saturated carbocycles. The van der Waals surface area contributed by atoms with Gasteiger partial charge in [-0.2, -0.15) is 0 Å². The molecule has 2 aromatic heterocycles. The second-order valence-electron chi connectivity index (χ2n) is 5.20. The van der Waals surface area contributed by atoms with E-state index >= 15 is 0 Å². The molecule has 0 aromatic carbocycles. The third kappa shape index (κ3) is 3.60. The van der Waals surface area contributed by atoms with Crippen molar-refractivity contribution in [2.45, 2.75) is 19.0 Å². The Kier molecular flexibility index (Phi) is 5.47. The maximum absolute atomic E-state index is 12.0. The number of esters is 1. The smallest absolute Gasteiger partial charge is 0.325 e. The van der Waals surface area contributed by atoms with Gasteiger partial charge in [0.1, 0.15) is 6.54 Å². The minimum Gasteiger partial charge on any atom is -0.465 e. The van der Waals surface area contributed by atoms with Gasteiger partial charge in [-0.3, -0.25) is 9.78 Å². The molecule has 1 aliphatic heterocycles. The largest absolute Gasteiger partial charge is 0.465 e. The molecule has 126 valence electrons. The second kappa shape index (κ2) is 7.58. The molecule has 3 rings (SSSR count). The van der Waals surface area contributed by atoms with E-state index < -0.39 is 0 Å². The van der Waals surface area contributed by atoms with E-state index in [4.69, 9.17) is 17.0 Å². The van der Waals surface area contributed by atoms with Crippen LogP contribution < -0.4 is 5.32 Å². The van der Waals surface area contributed by atoms with Crippen LogP contribution in [-0.2, 0) is 9.53 Å². The summed E-state index contributed by atoms with van der Waals surface area (Å²) in [7, 11) is 0. The number of aromatic nitrogens is 1. The molecule has 24 heavy (non-hydrogen) atoms. The highest BCUT2D eigenvalue weighted by atomic mass is 79.9. The molecule has 8 heteroatoms. The number of carbonyl (C=O) groups is 1. The molecule has 0 bridgehead atoms.